The highest BCUT2D eigenvalue weighted by Crippen LogP contribution is 2.04. The third-order valence-corrected chi connectivity index (χ3v) is 0.891. The van der Waals surface area contributed by atoms with E-state index in [1.54, 1.807) is 0 Å². The Labute approximate surface area is 58.6 Å². The molecule has 0 fully saturated rings. The molecule has 0 aromatic carbocycles. The quantitative estimate of drug-likeness (QED) is 0.352. The smallest absolute Gasteiger partial charge is 0.192 e. The van der Waals surface area contributed by atoms with Crippen molar-refractivity contribution in [1.82, 2.24) is 0 Å². The van der Waals surface area contributed by atoms with Crippen molar-refractivity contribution in [1.29, 1.82) is 0 Å². The molecule has 2 N–H and O–H groups in total. The third kappa shape index (κ3) is 1.78. The fourth-order valence-corrected chi connectivity index (χ4v) is 0.390. The lowest BCUT2D eigenvalue weighted by molar-refractivity contribution is -0.111. The van der Waals surface area contributed by atoms with E-state index in [9.17, 15) is 4.79 Å². The molecule has 0 heterocycles. The highest BCUT2D eigenvalue weighted by atomic mass is 16.3. The largest absolute Gasteiger partial charge is 0.515 e. The van der Waals surface area contributed by atoms with Gasteiger partial charge in [0.05, 0.1) is 11.8 Å². The summed E-state index contributed by atoms with van der Waals surface area (Å²) in [7, 11) is 0. The van der Waals surface area contributed by atoms with Crippen LogP contribution in [0.3, 0.4) is 0 Å². The Morgan fingerprint density at radius 2 is 2.00 bits per heavy atom. The van der Waals surface area contributed by atoms with Crippen LogP contribution in [0.15, 0.2) is 36.8 Å². The van der Waals surface area contributed by atoms with E-state index in [1.807, 2.05) is 0 Å². The van der Waals surface area contributed by atoms with E-state index in [1.165, 1.54) is 0 Å². The Kier molecular flexibility index (Phi) is 2.97. The van der Waals surface area contributed by atoms with Gasteiger partial charge in [0.15, 0.2) is 5.78 Å². The first-order valence-corrected chi connectivity index (χ1v) is 2.53. The Bertz CT molecular complexity index is 201. The lowest BCUT2D eigenvalue weighted by Gasteiger charge is -1.96. The van der Waals surface area contributed by atoms with Crippen LogP contribution in [0.5, 0.6) is 0 Å². The molecule has 0 spiro atoms. The molecule has 54 valence electrons. The van der Waals surface area contributed by atoms with Gasteiger partial charge in [-0.2, -0.15) is 0 Å². The highest BCUT2D eigenvalue weighted by Gasteiger charge is 2.07. The molecule has 0 aliphatic rings. The van der Waals surface area contributed by atoms with Crippen LogP contribution in [-0.2, 0) is 4.79 Å². The summed E-state index contributed by atoms with van der Waals surface area (Å²) in [5, 5.41) is 17.0. The number of carbonyl (C=O) groups excluding carboxylic acids is 1. The van der Waals surface area contributed by atoms with Gasteiger partial charge in [0.2, 0.25) is 0 Å². The molecule has 0 aromatic rings. The molecule has 0 amide bonds. The summed E-state index contributed by atoms with van der Waals surface area (Å²) >= 11 is 0. The summed E-state index contributed by atoms with van der Waals surface area (Å²) in [6, 6.07) is 0. The number of allylic oxidation sites excluding steroid dienone is 2. The first-order valence-electron chi connectivity index (χ1n) is 2.53. The summed E-state index contributed by atoms with van der Waals surface area (Å²) in [6.07, 6.45) is 1.47. The third-order valence-electron chi connectivity index (χ3n) is 0.891. The Hall–Kier alpha value is -1.51. The molecule has 0 aliphatic carbocycles. The van der Waals surface area contributed by atoms with E-state index < -0.39 is 11.5 Å². The van der Waals surface area contributed by atoms with Crippen LogP contribution >= 0.6 is 0 Å². The molecule has 0 saturated carbocycles. The van der Waals surface area contributed by atoms with Crippen LogP contribution in [0.25, 0.3) is 0 Å². The molecule has 0 saturated heterocycles. The van der Waals surface area contributed by atoms with Crippen molar-refractivity contribution in [3.05, 3.63) is 36.8 Å². The highest BCUT2D eigenvalue weighted by molar-refractivity contribution is 6.06. The molecule has 0 unspecified atom stereocenters. The van der Waals surface area contributed by atoms with Gasteiger partial charge in [-0.15, -0.1) is 0 Å². The standard InChI is InChI=1S/C7H8O3/c1-3-7(10)6(4-8)5(2)9/h3-4,8-9H,1-2H2/b6-4+. The molecule has 3 nitrogen and oxygen atoms in total. The van der Waals surface area contributed by atoms with E-state index in [4.69, 9.17) is 10.2 Å². The van der Waals surface area contributed by atoms with Gasteiger partial charge in [0.25, 0.3) is 0 Å². The Morgan fingerprint density at radius 3 is 2.10 bits per heavy atom. The average molecular weight is 140 g/mol. The minimum absolute atomic E-state index is 0.241. The zero-order valence-electron chi connectivity index (χ0n) is 5.37. The molecular formula is C7H8O3. The zero-order valence-corrected chi connectivity index (χ0v) is 5.37. The predicted octanol–water partition coefficient (Wildman–Crippen LogP) is 1.26. The second-order valence-corrected chi connectivity index (χ2v) is 1.56. The number of ketones is 1. The normalized spacial score (nSPS) is 10.6. The van der Waals surface area contributed by atoms with Crippen LogP contribution in [-0.4, -0.2) is 16.0 Å². The van der Waals surface area contributed by atoms with Crippen molar-refractivity contribution in [2.45, 2.75) is 0 Å². The average Bonchev–Trinajstić information content (AvgIpc) is 1.88. The lowest BCUT2D eigenvalue weighted by Crippen LogP contribution is -1.99. The van der Waals surface area contributed by atoms with E-state index in [0.717, 1.165) is 6.08 Å². The van der Waals surface area contributed by atoms with Crippen LogP contribution in [0, 0.1) is 0 Å². The first-order chi connectivity index (χ1) is 4.63. The molecule has 0 rings (SSSR count). The minimum Gasteiger partial charge on any atom is -0.515 e. The van der Waals surface area contributed by atoms with Gasteiger partial charge in [0.1, 0.15) is 5.76 Å². The van der Waals surface area contributed by atoms with Crippen molar-refractivity contribution >= 4 is 5.78 Å². The maximum Gasteiger partial charge on any atom is 0.192 e. The Morgan fingerprint density at radius 1 is 1.50 bits per heavy atom. The van der Waals surface area contributed by atoms with Crippen LogP contribution in [0.1, 0.15) is 0 Å². The number of hydrogen-bond donors (Lipinski definition) is 2. The monoisotopic (exact) mass is 140 g/mol. The summed E-state index contributed by atoms with van der Waals surface area (Å²) in [5.41, 5.74) is -0.241. The number of rotatable bonds is 3. The van der Waals surface area contributed by atoms with Gasteiger partial charge in [0, 0.05) is 0 Å². The van der Waals surface area contributed by atoms with Gasteiger partial charge in [-0.05, 0) is 6.08 Å². The fraction of sp³-hybridized carbons (Fsp3) is 0. The van der Waals surface area contributed by atoms with Gasteiger partial charge in [-0.3, -0.25) is 4.79 Å². The summed E-state index contributed by atoms with van der Waals surface area (Å²) in [4.78, 5) is 10.6. The molecule has 0 aromatic heterocycles. The molecule has 0 bridgehead atoms. The van der Waals surface area contributed by atoms with E-state index in [0.29, 0.717) is 6.26 Å². The molecule has 10 heavy (non-hydrogen) atoms. The summed E-state index contributed by atoms with van der Waals surface area (Å²) < 4.78 is 0. The molecule has 0 aliphatic heterocycles. The van der Waals surface area contributed by atoms with Crippen LogP contribution < -0.4 is 0 Å². The maximum atomic E-state index is 10.6. The number of hydrogen-bond acceptors (Lipinski definition) is 3. The number of aliphatic hydroxyl groups excluding tert-OH is 2. The van der Waals surface area contributed by atoms with Gasteiger partial charge < -0.3 is 10.2 Å². The molecule has 0 atom stereocenters. The van der Waals surface area contributed by atoms with Crippen LogP contribution in [0.2, 0.25) is 0 Å². The van der Waals surface area contributed by atoms with E-state index in [2.05, 4.69) is 13.2 Å². The van der Waals surface area contributed by atoms with Crippen LogP contribution in [0.4, 0.5) is 0 Å². The molecule has 0 radical (unpaired) electrons. The maximum absolute atomic E-state index is 10.6. The van der Waals surface area contributed by atoms with Crippen molar-refractivity contribution in [2.75, 3.05) is 0 Å². The lowest BCUT2D eigenvalue weighted by atomic mass is 10.1. The number of carbonyl (C=O) groups is 1. The van der Waals surface area contributed by atoms with Crippen molar-refractivity contribution < 1.29 is 15.0 Å². The van der Waals surface area contributed by atoms with E-state index in [-0.39, 0.29) is 5.57 Å². The second-order valence-electron chi connectivity index (χ2n) is 1.56. The summed E-state index contributed by atoms with van der Waals surface area (Å²) in [5.74, 6) is -1.03. The fourth-order valence-electron chi connectivity index (χ4n) is 0.390. The Balaban J connectivity index is 4.54. The summed E-state index contributed by atoms with van der Waals surface area (Å²) in [6.45, 7) is 6.21. The minimum atomic E-state index is -0.560. The molecular weight excluding hydrogens is 132 g/mol. The van der Waals surface area contributed by atoms with Crippen molar-refractivity contribution in [3.63, 3.8) is 0 Å². The van der Waals surface area contributed by atoms with Crippen molar-refractivity contribution in [2.24, 2.45) is 0 Å². The second kappa shape index (κ2) is 3.50. The topological polar surface area (TPSA) is 57.5 Å². The van der Waals surface area contributed by atoms with Gasteiger partial charge in [-0.1, -0.05) is 13.2 Å². The van der Waals surface area contributed by atoms with E-state index >= 15 is 0 Å². The number of aliphatic hydroxyl groups is 2. The van der Waals surface area contributed by atoms with Gasteiger partial charge >= 0.3 is 0 Å². The van der Waals surface area contributed by atoms with Gasteiger partial charge in [-0.25, -0.2) is 0 Å². The first kappa shape index (κ1) is 8.49. The zero-order chi connectivity index (χ0) is 8.15. The SMILES string of the molecule is C=CC(=O)/C(=C/O)C(=C)O. The predicted molar refractivity (Wildman–Crippen MR) is 37.7 cm³/mol. The van der Waals surface area contributed by atoms with Crippen molar-refractivity contribution in [3.8, 4) is 0 Å². The molecule has 3 heteroatoms.